The Morgan fingerprint density at radius 2 is 1.76 bits per heavy atom. The van der Waals surface area contributed by atoms with Crippen LogP contribution in [0.3, 0.4) is 0 Å². The second-order valence-electron chi connectivity index (χ2n) is 5.51. The lowest BCUT2D eigenvalue weighted by molar-refractivity contribution is 0.254. The van der Waals surface area contributed by atoms with Gasteiger partial charge in [-0.15, -0.1) is 0 Å². The second kappa shape index (κ2) is 5.58. The van der Waals surface area contributed by atoms with Gasteiger partial charge < -0.3 is 5.73 Å². The van der Waals surface area contributed by atoms with Gasteiger partial charge in [-0.1, -0.05) is 13.8 Å². The fourth-order valence-corrected chi connectivity index (χ4v) is 2.73. The molecule has 0 unspecified atom stereocenters. The number of rotatable bonds is 3. The van der Waals surface area contributed by atoms with Gasteiger partial charge in [0.05, 0.1) is 0 Å². The first kappa shape index (κ1) is 12.5. The molecule has 0 atom stereocenters. The highest BCUT2D eigenvalue weighted by Gasteiger charge is 2.25. The zero-order chi connectivity index (χ0) is 12.3. The summed E-state index contributed by atoms with van der Waals surface area (Å²) in [5.74, 6) is 3.30. The zero-order valence-electron chi connectivity index (χ0n) is 10.9. The van der Waals surface area contributed by atoms with Crippen LogP contribution in [0.25, 0.3) is 0 Å². The van der Waals surface area contributed by atoms with Crippen molar-refractivity contribution in [3.63, 3.8) is 0 Å². The van der Waals surface area contributed by atoms with Crippen molar-refractivity contribution < 1.29 is 0 Å². The average Bonchev–Trinajstić information content (AvgIpc) is 2.39. The van der Waals surface area contributed by atoms with Crippen LogP contribution in [0.15, 0.2) is 12.4 Å². The van der Waals surface area contributed by atoms with E-state index in [1.165, 1.54) is 25.7 Å². The maximum Gasteiger partial charge on any atom is 0.131 e. The monoisotopic (exact) mass is 233 g/mol. The average molecular weight is 233 g/mol. The van der Waals surface area contributed by atoms with E-state index in [1.807, 2.05) is 12.4 Å². The molecule has 94 valence electrons. The third kappa shape index (κ3) is 3.03. The lowest BCUT2D eigenvalue weighted by Crippen LogP contribution is -2.19. The molecule has 0 aliphatic heterocycles. The SMILES string of the molecule is CC(C)C1CCC(c2ncc(CN)cn2)CC1. The van der Waals surface area contributed by atoms with E-state index in [0.29, 0.717) is 12.5 Å². The summed E-state index contributed by atoms with van der Waals surface area (Å²) in [6.07, 6.45) is 8.87. The molecule has 1 aromatic heterocycles. The van der Waals surface area contributed by atoms with E-state index in [9.17, 15) is 0 Å². The van der Waals surface area contributed by atoms with Crippen LogP contribution < -0.4 is 5.73 Å². The number of nitrogens with zero attached hydrogens (tertiary/aromatic N) is 2. The van der Waals surface area contributed by atoms with Crippen molar-refractivity contribution in [2.75, 3.05) is 0 Å². The van der Waals surface area contributed by atoms with Crippen molar-refractivity contribution in [2.45, 2.75) is 52.0 Å². The fourth-order valence-electron chi connectivity index (χ4n) is 2.73. The van der Waals surface area contributed by atoms with Gasteiger partial charge in [-0.2, -0.15) is 0 Å². The molecule has 0 bridgehead atoms. The van der Waals surface area contributed by atoms with Gasteiger partial charge in [-0.25, -0.2) is 9.97 Å². The van der Waals surface area contributed by atoms with Gasteiger partial charge in [0.2, 0.25) is 0 Å². The molecule has 2 N–H and O–H groups in total. The maximum absolute atomic E-state index is 5.55. The summed E-state index contributed by atoms with van der Waals surface area (Å²) in [6, 6.07) is 0. The predicted molar refractivity (Wildman–Crippen MR) is 69.5 cm³/mol. The minimum atomic E-state index is 0.528. The molecule has 1 heterocycles. The van der Waals surface area contributed by atoms with Crippen molar-refractivity contribution in [2.24, 2.45) is 17.6 Å². The van der Waals surface area contributed by atoms with Crippen LogP contribution in [0.5, 0.6) is 0 Å². The van der Waals surface area contributed by atoms with Crippen molar-refractivity contribution in [3.05, 3.63) is 23.8 Å². The molecule has 0 saturated heterocycles. The molecule has 0 aromatic carbocycles. The Morgan fingerprint density at radius 3 is 2.24 bits per heavy atom. The maximum atomic E-state index is 5.55. The minimum absolute atomic E-state index is 0.528. The Balaban J connectivity index is 1.95. The molecule has 3 nitrogen and oxygen atoms in total. The third-order valence-corrected chi connectivity index (χ3v) is 4.04. The number of hydrogen-bond donors (Lipinski definition) is 1. The van der Waals surface area contributed by atoms with E-state index in [4.69, 9.17) is 5.73 Å². The van der Waals surface area contributed by atoms with Gasteiger partial charge in [0.25, 0.3) is 0 Å². The van der Waals surface area contributed by atoms with Crippen LogP contribution in [0.2, 0.25) is 0 Å². The highest BCUT2D eigenvalue weighted by atomic mass is 14.9. The second-order valence-corrected chi connectivity index (χ2v) is 5.51. The Hall–Kier alpha value is -0.960. The summed E-state index contributed by atoms with van der Waals surface area (Å²) < 4.78 is 0. The van der Waals surface area contributed by atoms with Crippen molar-refractivity contribution in [1.82, 2.24) is 9.97 Å². The van der Waals surface area contributed by atoms with E-state index >= 15 is 0 Å². The van der Waals surface area contributed by atoms with Crippen LogP contribution in [0, 0.1) is 11.8 Å². The van der Waals surface area contributed by atoms with Crippen LogP contribution in [-0.4, -0.2) is 9.97 Å². The molecule has 0 amide bonds. The van der Waals surface area contributed by atoms with Gasteiger partial charge in [0.1, 0.15) is 5.82 Å². The summed E-state index contributed by atoms with van der Waals surface area (Å²) in [4.78, 5) is 8.90. The summed E-state index contributed by atoms with van der Waals surface area (Å²) in [6.45, 7) is 5.19. The largest absolute Gasteiger partial charge is 0.326 e. The molecule has 0 radical (unpaired) electrons. The Labute approximate surface area is 104 Å². The lowest BCUT2D eigenvalue weighted by atomic mass is 9.77. The third-order valence-electron chi connectivity index (χ3n) is 4.04. The van der Waals surface area contributed by atoms with Crippen LogP contribution in [-0.2, 0) is 6.54 Å². The first-order valence-electron chi connectivity index (χ1n) is 6.71. The van der Waals surface area contributed by atoms with Gasteiger partial charge >= 0.3 is 0 Å². The molecular formula is C14H23N3. The van der Waals surface area contributed by atoms with Crippen molar-refractivity contribution >= 4 is 0 Å². The van der Waals surface area contributed by atoms with E-state index in [-0.39, 0.29) is 0 Å². The summed E-state index contributed by atoms with van der Waals surface area (Å²) in [5.41, 5.74) is 6.57. The fraction of sp³-hybridized carbons (Fsp3) is 0.714. The molecule has 2 rings (SSSR count). The van der Waals surface area contributed by atoms with Gasteiger partial charge in [0.15, 0.2) is 0 Å². The van der Waals surface area contributed by atoms with Crippen molar-refractivity contribution in [3.8, 4) is 0 Å². The highest BCUT2D eigenvalue weighted by molar-refractivity contribution is 5.07. The zero-order valence-corrected chi connectivity index (χ0v) is 10.9. The summed E-state index contributed by atoms with van der Waals surface area (Å²) in [7, 11) is 0. The Bertz CT molecular complexity index is 337. The lowest BCUT2D eigenvalue weighted by Gasteiger charge is -2.30. The molecular weight excluding hydrogens is 210 g/mol. The molecule has 1 fully saturated rings. The Morgan fingerprint density at radius 1 is 1.18 bits per heavy atom. The topological polar surface area (TPSA) is 51.8 Å². The van der Waals surface area contributed by atoms with E-state index < -0.39 is 0 Å². The molecule has 1 aromatic rings. The molecule has 1 aliphatic carbocycles. The molecule has 1 saturated carbocycles. The first-order valence-corrected chi connectivity index (χ1v) is 6.71. The summed E-state index contributed by atoms with van der Waals surface area (Å²) in [5, 5.41) is 0. The van der Waals surface area contributed by atoms with Gasteiger partial charge in [-0.3, -0.25) is 0 Å². The number of aromatic nitrogens is 2. The number of nitrogens with two attached hydrogens (primary N) is 1. The first-order chi connectivity index (χ1) is 8.20. The van der Waals surface area contributed by atoms with E-state index in [1.54, 1.807) is 0 Å². The predicted octanol–water partition coefficient (Wildman–Crippen LogP) is 2.87. The van der Waals surface area contributed by atoms with E-state index in [2.05, 4.69) is 23.8 Å². The van der Waals surface area contributed by atoms with Gasteiger partial charge in [0, 0.05) is 30.4 Å². The normalized spacial score (nSPS) is 25.2. The van der Waals surface area contributed by atoms with Gasteiger partial charge in [-0.05, 0) is 37.5 Å². The standard InChI is InChI=1S/C14H23N3/c1-10(2)12-3-5-13(6-4-12)14-16-8-11(7-15)9-17-14/h8-10,12-13H,3-7,15H2,1-2H3. The molecule has 17 heavy (non-hydrogen) atoms. The number of hydrogen-bond acceptors (Lipinski definition) is 3. The van der Waals surface area contributed by atoms with Crippen molar-refractivity contribution in [1.29, 1.82) is 0 Å². The molecule has 1 aliphatic rings. The van der Waals surface area contributed by atoms with Crippen LogP contribution in [0.4, 0.5) is 0 Å². The molecule has 0 spiro atoms. The highest BCUT2D eigenvalue weighted by Crippen LogP contribution is 2.37. The summed E-state index contributed by atoms with van der Waals surface area (Å²) >= 11 is 0. The Kier molecular flexibility index (Phi) is 4.11. The van der Waals surface area contributed by atoms with E-state index in [0.717, 1.165) is 23.2 Å². The smallest absolute Gasteiger partial charge is 0.131 e. The molecule has 3 heteroatoms. The van der Waals surface area contributed by atoms with Crippen LogP contribution >= 0.6 is 0 Å². The minimum Gasteiger partial charge on any atom is -0.326 e. The quantitative estimate of drug-likeness (QED) is 0.873. The van der Waals surface area contributed by atoms with Crippen LogP contribution in [0.1, 0.15) is 56.8 Å².